The molecule has 0 aromatic heterocycles. The fourth-order valence-corrected chi connectivity index (χ4v) is 3.24. The predicted molar refractivity (Wildman–Crippen MR) is 128 cm³/mol. The van der Waals surface area contributed by atoms with Gasteiger partial charge < -0.3 is 20.5 Å². The van der Waals surface area contributed by atoms with Crippen molar-refractivity contribution in [2.75, 3.05) is 13.7 Å². The zero-order valence-corrected chi connectivity index (χ0v) is 19.4. The van der Waals surface area contributed by atoms with Crippen LogP contribution in [0.4, 0.5) is 18.0 Å². The Bertz CT molecular complexity index is 1140. The van der Waals surface area contributed by atoms with Crippen molar-refractivity contribution in [1.29, 1.82) is 0 Å². The van der Waals surface area contributed by atoms with E-state index in [0.29, 0.717) is 22.4 Å². The number of carbonyl (C=O) groups is 2. The quantitative estimate of drug-likeness (QED) is 0.386. The zero-order chi connectivity index (χ0) is 26.0. The molecule has 0 aliphatic heterocycles. The molecule has 0 saturated heterocycles. The number of nitrogens with one attached hydrogen (secondary N) is 2. The normalized spacial score (nSPS) is 11.9. The maximum Gasteiger partial charge on any atom is 0.416 e. The number of hydrogen-bond donors (Lipinski definition) is 3. The highest BCUT2D eigenvalue weighted by atomic mass is 19.4. The van der Waals surface area contributed by atoms with Crippen molar-refractivity contribution in [2.45, 2.75) is 26.1 Å². The monoisotopic (exact) mass is 488 g/mol. The van der Waals surface area contributed by atoms with E-state index in [4.69, 9.17) is 9.84 Å². The lowest BCUT2D eigenvalue weighted by atomic mass is 9.94. The van der Waals surface area contributed by atoms with E-state index in [-0.39, 0.29) is 25.1 Å². The molecule has 35 heavy (non-hydrogen) atoms. The number of rotatable bonds is 10. The third-order valence-corrected chi connectivity index (χ3v) is 4.94. The lowest BCUT2D eigenvalue weighted by Gasteiger charge is -2.17. The zero-order valence-electron chi connectivity index (χ0n) is 19.4. The van der Waals surface area contributed by atoms with Crippen LogP contribution in [-0.4, -0.2) is 30.8 Å². The first kappa shape index (κ1) is 27.2. The van der Waals surface area contributed by atoms with Gasteiger partial charge in [-0.1, -0.05) is 48.6 Å². The fraction of sp³-hybridized carbons (Fsp3) is 0.231. The van der Waals surface area contributed by atoms with Crippen molar-refractivity contribution in [1.82, 2.24) is 10.6 Å². The van der Waals surface area contributed by atoms with Gasteiger partial charge in [-0.3, -0.25) is 4.79 Å². The summed E-state index contributed by atoms with van der Waals surface area (Å²) < 4.78 is 45.5. The average molecular weight is 489 g/mol. The second kappa shape index (κ2) is 12.5. The van der Waals surface area contributed by atoms with Crippen molar-refractivity contribution in [3.8, 4) is 16.9 Å². The standard InChI is InChI=1S/C26H27F3N2O4/c1-4-5-6-7-17(2)15-30-25(34)31-16-19-14-20(26(27,28)29)9-10-21(19)22-12-18(13-24(32)33)8-11-23(22)35-3/h4-12,14H,1,13,15-16H2,2-3H3,(H,32,33)(H2,30,31,34)/b6-5-,17-7+. The van der Waals surface area contributed by atoms with Gasteiger partial charge in [0.1, 0.15) is 5.75 Å². The second-order valence-corrected chi connectivity index (χ2v) is 7.64. The Morgan fingerprint density at radius 3 is 2.46 bits per heavy atom. The molecule has 0 radical (unpaired) electrons. The van der Waals surface area contributed by atoms with Gasteiger partial charge in [-0.2, -0.15) is 13.2 Å². The van der Waals surface area contributed by atoms with E-state index < -0.39 is 23.7 Å². The number of aliphatic carboxylic acids is 1. The van der Waals surface area contributed by atoms with Crippen LogP contribution in [0, 0.1) is 0 Å². The number of allylic oxidation sites excluding steroid dienone is 4. The summed E-state index contributed by atoms with van der Waals surface area (Å²) in [6.07, 6.45) is 2.07. The molecule has 6 nitrogen and oxygen atoms in total. The Balaban J connectivity index is 2.34. The van der Waals surface area contributed by atoms with Crippen molar-refractivity contribution in [3.05, 3.63) is 89.5 Å². The number of amides is 2. The minimum Gasteiger partial charge on any atom is -0.496 e. The van der Waals surface area contributed by atoms with Crippen LogP contribution in [0.15, 0.2) is 72.9 Å². The van der Waals surface area contributed by atoms with E-state index in [1.165, 1.54) is 13.2 Å². The van der Waals surface area contributed by atoms with Crippen LogP contribution >= 0.6 is 0 Å². The van der Waals surface area contributed by atoms with Gasteiger partial charge in [0.05, 0.1) is 19.1 Å². The number of benzene rings is 2. The summed E-state index contributed by atoms with van der Waals surface area (Å²) in [5.74, 6) is -0.686. The van der Waals surface area contributed by atoms with E-state index in [1.807, 2.05) is 6.92 Å². The van der Waals surface area contributed by atoms with Crippen LogP contribution in [0.1, 0.15) is 23.6 Å². The Labute approximate surface area is 201 Å². The summed E-state index contributed by atoms with van der Waals surface area (Å²) in [4.78, 5) is 23.4. The molecule has 2 amide bonds. The molecule has 0 saturated carbocycles. The second-order valence-electron chi connectivity index (χ2n) is 7.64. The Kier molecular flexibility index (Phi) is 9.69. The molecule has 0 bridgehead atoms. The van der Waals surface area contributed by atoms with Gasteiger partial charge in [-0.05, 0) is 47.9 Å². The van der Waals surface area contributed by atoms with Gasteiger partial charge in [0.25, 0.3) is 0 Å². The molecular formula is C26H27F3N2O4. The molecule has 0 aliphatic carbocycles. The number of carbonyl (C=O) groups excluding carboxylic acids is 1. The van der Waals surface area contributed by atoms with Crippen LogP contribution < -0.4 is 15.4 Å². The lowest BCUT2D eigenvalue weighted by molar-refractivity contribution is -0.138. The molecule has 0 heterocycles. The predicted octanol–water partition coefficient (Wildman–Crippen LogP) is 5.50. The van der Waals surface area contributed by atoms with Gasteiger partial charge in [-0.25, -0.2) is 4.79 Å². The van der Waals surface area contributed by atoms with Gasteiger partial charge >= 0.3 is 18.2 Å². The van der Waals surface area contributed by atoms with Crippen molar-refractivity contribution in [2.24, 2.45) is 0 Å². The highest BCUT2D eigenvalue weighted by Crippen LogP contribution is 2.37. The Hall–Kier alpha value is -4.01. The highest BCUT2D eigenvalue weighted by molar-refractivity contribution is 5.78. The minimum absolute atomic E-state index is 0.196. The average Bonchev–Trinajstić information content (AvgIpc) is 2.80. The first-order valence-electron chi connectivity index (χ1n) is 10.6. The Morgan fingerprint density at radius 1 is 1.09 bits per heavy atom. The summed E-state index contributed by atoms with van der Waals surface area (Å²) in [6.45, 7) is 5.42. The van der Waals surface area contributed by atoms with Crippen LogP contribution in [0.5, 0.6) is 5.75 Å². The first-order valence-corrected chi connectivity index (χ1v) is 10.6. The number of halogens is 3. The third-order valence-electron chi connectivity index (χ3n) is 4.94. The molecule has 0 aliphatic rings. The van der Waals surface area contributed by atoms with Crippen molar-refractivity contribution < 1.29 is 32.6 Å². The molecule has 0 spiro atoms. The summed E-state index contributed by atoms with van der Waals surface area (Å²) >= 11 is 0. The number of carboxylic acid groups (broad SMARTS) is 1. The van der Waals surface area contributed by atoms with Gasteiger partial charge in [0.2, 0.25) is 0 Å². The summed E-state index contributed by atoms with van der Waals surface area (Å²) in [5.41, 5.74) is 1.45. The molecule has 0 fully saturated rings. The van der Waals surface area contributed by atoms with Crippen molar-refractivity contribution in [3.63, 3.8) is 0 Å². The van der Waals surface area contributed by atoms with E-state index >= 15 is 0 Å². The molecule has 186 valence electrons. The van der Waals surface area contributed by atoms with Crippen molar-refractivity contribution >= 4 is 12.0 Å². The van der Waals surface area contributed by atoms with E-state index in [0.717, 1.165) is 17.7 Å². The SMILES string of the molecule is C=C/C=C\C=C(/C)CNC(=O)NCc1cc(C(F)(F)F)ccc1-c1cc(CC(=O)O)ccc1OC. The molecule has 2 rings (SSSR count). The topological polar surface area (TPSA) is 87.7 Å². The smallest absolute Gasteiger partial charge is 0.416 e. The maximum atomic E-state index is 13.4. The van der Waals surface area contributed by atoms with Crippen LogP contribution in [0.3, 0.4) is 0 Å². The van der Waals surface area contributed by atoms with E-state index in [2.05, 4.69) is 17.2 Å². The minimum atomic E-state index is -4.58. The third kappa shape index (κ3) is 8.37. The molecule has 0 atom stereocenters. The molecular weight excluding hydrogens is 461 g/mol. The van der Waals surface area contributed by atoms with Crippen LogP contribution in [0.2, 0.25) is 0 Å². The lowest BCUT2D eigenvalue weighted by Crippen LogP contribution is -2.36. The summed E-state index contributed by atoms with van der Waals surface area (Å²) in [5, 5.41) is 14.3. The fourth-order valence-electron chi connectivity index (χ4n) is 3.24. The van der Waals surface area contributed by atoms with Gasteiger partial charge in [0, 0.05) is 18.7 Å². The summed E-state index contributed by atoms with van der Waals surface area (Å²) in [6, 6.07) is 7.33. The molecule has 2 aromatic rings. The van der Waals surface area contributed by atoms with Crippen LogP contribution in [-0.2, 0) is 23.9 Å². The first-order chi connectivity index (χ1) is 16.5. The molecule has 0 unspecified atom stereocenters. The number of ether oxygens (including phenoxy) is 1. The molecule has 9 heteroatoms. The maximum absolute atomic E-state index is 13.4. The number of hydrogen-bond acceptors (Lipinski definition) is 3. The molecule has 2 aromatic carbocycles. The number of urea groups is 1. The summed E-state index contributed by atoms with van der Waals surface area (Å²) in [7, 11) is 1.41. The highest BCUT2D eigenvalue weighted by Gasteiger charge is 2.31. The Morgan fingerprint density at radius 2 is 1.83 bits per heavy atom. The number of methoxy groups -OCH3 is 1. The number of carboxylic acids is 1. The van der Waals surface area contributed by atoms with Gasteiger partial charge in [-0.15, -0.1) is 0 Å². The van der Waals surface area contributed by atoms with E-state index in [9.17, 15) is 22.8 Å². The van der Waals surface area contributed by atoms with Crippen LogP contribution in [0.25, 0.3) is 11.1 Å². The molecule has 3 N–H and O–H groups in total. The van der Waals surface area contributed by atoms with E-state index in [1.54, 1.807) is 42.5 Å². The largest absolute Gasteiger partial charge is 0.496 e. The number of alkyl halides is 3. The van der Waals surface area contributed by atoms with Gasteiger partial charge in [0.15, 0.2) is 0 Å².